The molecule has 0 atom stereocenters. The molecule has 0 saturated heterocycles. The zero-order valence-corrected chi connectivity index (χ0v) is 9.64. The van der Waals surface area contributed by atoms with E-state index < -0.39 is 0 Å². The maximum Gasteiger partial charge on any atom is 0.152 e. The molecule has 0 bridgehead atoms. The molecule has 0 saturated carbocycles. The Kier molecular flexibility index (Phi) is 3.31. The molecule has 84 valence electrons. The maximum atomic E-state index is 4.44. The van der Waals surface area contributed by atoms with Gasteiger partial charge >= 0.3 is 0 Å². The van der Waals surface area contributed by atoms with Crippen LogP contribution in [0, 0.1) is 6.92 Å². The van der Waals surface area contributed by atoms with Crippen LogP contribution in [0.4, 0.5) is 0 Å². The Bertz CT molecular complexity index is 462. The number of rotatable bonds is 4. The molecular formula is C12H16N4. The third-order valence-electron chi connectivity index (χ3n) is 2.50. The summed E-state index contributed by atoms with van der Waals surface area (Å²) < 4.78 is 1.83. The van der Waals surface area contributed by atoms with Crippen LogP contribution in [0.2, 0.25) is 0 Å². The molecule has 0 radical (unpaired) electrons. The fourth-order valence-electron chi connectivity index (χ4n) is 1.59. The number of hydrogen-bond donors (Lipinski definition) is 1. The third kappa shape index (κ3) is 2.28. The van der Waals surface area contributed by atoms with E-state index in [0.717, 1.165) is 24.5 Å². The molecule has 0 fully saturated rings. The average molecular weight is 216 g/mol. The fraction of sp³-hybridized carbons (Fsp3) is 0.333. The Morgan fingerprint density at radius 1 is 1.31 bits per heavy atom. The van der Waals surface area contributed by atoms with Crippen molar-refractivity contribution in [1.29, 1.82) is 0 Å². The second-order valence-electron chi connectivity index (χ2n) is 3.75. The van der Waals surface area contributed by atoms with Crippen molar-refractivity contribution < 1.29 is 0 Å². The molecule has 1 aromatic heterocycles. The minimum Gasteiger partial charge on any atom is -0.319 e. The van der Waals surface area contributed by atoms with Gasteiger partial charge in [0.05, 0.1) is 5.69 Å². The van der Waals surface area contributed by atoms with E-state index in [0.29, 0.717) is 0 Å². The fourth-order valence-corrected chi connectivity index (χ4v) is 1.59. The van der Waals surface area contributed by atoms with Crippen molar-refractivity contribution in [2.75, 3.05) is 13.6 Å². The quantitative estimate of drug-likeness (QED) is 0.838. The van der Waals surface area contributed by atoms with Crippen molar-refractivity contribution in [2.24, 2.45) is 0 Å². The molecule has 1 aromatic carbocycles. The van der Waals surface area contributed by atoms with E-state index in [1.807, 2.05) is 29.9 Å². The standard InChI is InChI=1S/C12H16N4/c1-10-5-3-4-6-11(10)16-9-14-12(15-16)7-8-13-2/h3-6,9,13H,7-8H2,1-2H3. The molecular weight excluding hydrogens is 200 g/mol. The van der Waals surface area contributed by atoms with Gasteiger partial charge in [-0.1, -0.05) is 18.2 Å². The average Bonchev–Trinajstić information content (AvgIpc) is 2.75. The normalized spacial score (nSPS) is 10.6. The van der Waals surface area contributed by atoms with Crippen molar-refractivity contribution in [3.63, 3.8) is 0 Å². The van der Waals surface area contributed by atoms with Crippen molar-refractivity contribution in [1.82, 2.24) is 20.1 Å². The summed E-state index contributed by atoms with van der Waals surface area (Å²) in [5.74, 6) is 0.873. The van der Waals surface area contributed by atoms with E-state index in [1.54, 1.807) is 6.33 Å². The topological polar surface area (TPSA) is 42.7 Å². The molecule has 0 amide bonds. The highest BCUT2D eigenvalue weighted by Crippen LogP contribution is 2.11. The van der Waals surface area contributed by atoms with Gasteiger partial charge in [0, 0.05) is 13.0 Å². The lowest BCUT2D eigenvalue weighted by molar-refractivity contribution is 0.745. The summed E-state index contributed by atoms with van der Waals surface area (Å²) >= 11 is 0. The molecule has 0 aliphatic heterocycles. The first kappa shape index (κ1) is 10.8. The van der Waals surface area contributed by atoms with Gasteiger partial charge in [-0.15, -0.1) is 0 Å². The Morgan fingerprint density at radius 3 is 2.88 bits per heavy atom. The maximum absolute atomic E-state index is 4.44. The molecule has 1 N–H and O–H groups in total. The van der Waals surface area contributed by atoms with Crippen LogP contribution in [0.25, 0.3) is 5.69 Å². The van der Waals surface area contributed by atoms with Crippen LogP contribution < -0.4 is 5.32 Å². The molecule has 2 aromatic rings. The molecule has 1 heterocycles. The Labute approximate surface area is 95.3 Å². The number of hydrogen-bond acceptors (Lipinski definition) is 3. The molecule has 0 unspecified atom stereocenters. The van der Waals surface area contributed by atoms with Crippen LogP contribution in [0.5, 0.6) is 0 Å². The van der Waals surface area contributed by atoms with Crippen LogP contribution in [0.3, 0.4) is 0 Å². The monoisotopic (exact) mass is 216 g/mol. The Balaban J connectivity index is 2.22. The number of likely N-dealkylation sites (N-methyl/N-ethyl adjacent to an activating group) is 1. The lowest BCUT2D eigenvalue weighted by Crippen LogP contribution is -2.11. The van der Waals surface area contributed by atoms with Crippen molar-refractivity contribution in [3.05, 3.63) is 42.0 Å². The first-order valence-electron chi connectivity index (χ1n) is 5.42. The van der Waals surface area contributed by atoms with Gasteiger partial charge < -0.3 is 5.32 Å². The second-order valence-corrected chi connectivity index (χ2v) is 3.75. The van der Waals surface area contributed by atoms with Gasteiger partial charge in [-0.25, -0.2) is 9.67 Å². The van der Waals surface area contributed by atoms with Crippen LogP contribution >= 0.6 is 0 Å². The van der Waals surface area contributed by atoms with Gasteiger partial charge in [0.15, 0.2) is 5.82 Å². The van der Waals surface area contributed by atoms with Crippen LogP contribution in [-0.2, 0) is 6.42 Å². The lowest BCUT2D eigenvalue weighted by Gasteiger charge is -2.03. The predicted octanol–water partition coefficient (Wildman–Crippen LogP) is 1.34. The van der Waals surface area contributed by atoms with Crippen LogP contribution in [-0.4, -0.2) is 28.4 Å². The molecule has 4 heteroatoms. The summed E-state index contributed by atoms with van der Waals surface area (Å²) in [5, 5.41) is 7.53. The van der Waals surface area contributed by atoms with Gasteiger partial charge in [0.1, 0.15) is 6.33 Å². The number of para-hydroxylation sites is 1. The largest absolute Gasteiger partial charge is 0.319 e. The summed E-state index contributed by atoms with van der Waals surface area (Å²) in [6.45, 7) is 2.97. The summed E-state index contributed by atoms with van der Waals surface area (Å²) in [6.07, 6.45) is 2.63. The highest BCUT2D eigenvalue weighted by atomic mass is 15.3. The van der Waals surface area contributed by atoms with E-state index in [1.165, 1.54) is 5.56 Å². The zero-order chi connectivity index (χ0) is 11.4. The third-order valence-corrected chi connectivity index (χ3v) is 2.50. The van der Waals surface area contributed by atoms with E-state index in [4.69, 9.17) is 0 Å². The minimum atomic E-state index is 0.857. The van der Waals surface area contributed by atoms with E-state index in [-0.39, 0.29) is 0 Å². The number of aromatic nitrogens is 3. The molecule has 16 heavy (non-hydrogen) atoms. The lowest BCUT2D eigenvalue weighted by atomic mass is 10.2. The van der Waals surface area contributed by atoms with Gasteiger partial charge in [-0.3, -0.25) is 0 Å². The molecule has 4 nitrogen and oxygen atoms in total. The zero-order valence-electron chi connectivity index (χ0n) is 9.64. The van der Waals surface area contributed by atoms with Crippen molar-refractivity contribution >= 4 is 0 Å². The van der Waals surface area contributed by atoms with Gasteiger partial charge in [-0.05, 0) is 25.6 Å². The summed E-state index contributed by atoms with van der Waals surface area (Å²) in [6, 6.07) is 8.16. The van der Waals surface area contributed by atoms with Crippen LogP contribution in [0.15, 0.2) is 30.6 Å². The Hall–Kier alpha value is -1.68. The van der Waals surface area contributed by atoms with Crippen LogP contribution in [0.1, 0.15) is 11.4 Å². The van der Waals surface area contributed by atoms with Gasteiger partial charge in [0.2, 0.25) is 0 Å². The molecule has 2 rings (SSSR count). The number of aryl methyl sites for hydroxylation is 1. The van der Waals surface area contributed by atoms with E-state index in [2.05, 4.69) is 28.4 Å². The van der Waals surface area contributed by atoms with E-state index in [9.17, 15) is 0 Å². The SMILES string of the molecule is CNCCc1ncn(-c2ccccc2C)n1. The minimum absolute atomic E-state index is 0.857. The first-order valence-corrected chi connectivity index (χ1v) is 5.42. The second kappa shape index (κ2) is 4.90. The van der Waals surface area contributed by atoms with Crippen molar-refractivity contribution in [3.8, 4) is 5.69 Å². The van der Waals surface area contributed by atoms with Gasteiger partial charge in [-0.2, -0.15) is 5.10 Å². The highest BCUT2D eigenvalue weighted by Gasteiger charge is 2.03. The number of benzene rings is 1. The highest BCUT2D eigenvalue weighted by molar-refractivity contribution is 5.38. The van der Waals surface area contributed by atoms with Crippen molar-refractivity contribution in [2.45, 2.75) is 13.3 Å². The number of nitrogens with one attached hydrogen (secondary N) is 1. The molecule has 0 aliphatic rings. The van der Waals surface area contributed by atoms with Gasteiger partial charge in [0.25, 0.3) is 0 Å². The van der Waals surface area contributed by atoms with E-state index >= 15 is 0 Å². The summed E-state index contributed by atoms with van der Waals surface area (Å²) in [4.78, 5) is 4.28. The number of nitrogens with zero attached hydrogens (tertiary/aromatic N) is 3. The Morgan fingerprint density at radius 2 is 2.12 bits per heavy atom. The predicted molar refractivity (Wildman–Crippen MR) is 63.7 cm³/mol. The molecule has 0 spiro atoms. The summed E-state index contributed by atoms with van der Waals surface area (Å²) in [7, 11) is 1.93. The molecule has 0 aliphatic carbocycles. The first-order chi connectivity index (χ1) is 7.81. The smallest absolute Gasteiger partial charge is 0.152 e. The summed E-state index contributed by atoms with van der Waals surface area (Å²) in [5.41, 5.74) is 2.29.